The molecule has 138 valence electrons. The molecule has 0 saturated carbocycles. The normalized spacial score (nSPS) is 15.6. The fraction of sp³-hybridized carbons (Fsp3) is 0.250. The Morgan fingerprint density at radius 3 is 2.38 bits per heavy atom. The molecule has 2 aromatic carbocycles. The van der Waals surface area contributed by atoms with Crippen molar-refractivity contribution in [1.82, 2.24) is 9.62 Å². The molecule has 2 aromatic rings. The van der Waals surface area contributed by atoms with Gasteiger partial charge in [-0.15, -0.1) is 0 Å². The van der Waals surface area contributed by atoms with E-state index in [0.29, 0.717) is 36.9 Å². The Morgan fingerprint density at radius 1 is 1.12 bits per heavy atom. The van der Waals surface area contributed by atoms with E-state index >= 15 is 0 Å². The van der Waals surface area contributed by atoms with Crippen molar-refractivity contribution in [2.45, 2.75) is 4.90 Å². The fourth-order valence-electron chi connectivity index (χ4n) is 2.65. The Balaban J connectivity index is 2.03. The standard InChI is InChI=1S/C16H17ClN4O4S/c17-12-1-3-13(4-2-12)19-15-6-5-14(21(22)23)11-16(15)26(24,25)20-9-7-18-8-10-20/h1-6,11,18-19H,7-10H2. The van der Waals surface area contributed by atoms with Gasteiger partial charge in [0.15, 0.2) is 0 Å². The van der Waals surface area contributed by atoms with Crippen molar-refractivity contribution in [2.24, 2.45) is 0 Å². The van der Waals surface area contributed by atoms with Crippen molar-refractivity contribution in [1.29, 1.82) is 0 Å². The molecule has 1 fully saturated rings. The van der Waals surface area contributed by atoms with Gasteiger partial charge in [0.25, 0.3) is 5.69 Å². The molecule has 1 saturated heterocycles. The molecule has 26 heavy (non-hydrogen) atoms. The van der Waals surface area contributed by atoms with Crippen LogP contribution < -0.4 is 10.6 Å². The molecule has 10 heteroatoms. The lowest BCUT2D eigenvalue weighted by molar-refractivity contribution is -0.385. The van der Waals surface area contributed by atoms with Crippen LogP contribution in [0.3, 0.4) is 0 Å². The lowest BCUT2D eigenvalue weighted by Gasteiger charge is -2.27. The lowest BCUT2D eigenvalue weighted by Crippen LogP contribution is -2.46. The number of sulfonamides is 1. The van der Waals surface area contributed by atoms with E-state index in [1.54, 1.807) is 24.3 Å². The third kappa shape index (κ3) is 3.96. The summed E-state index contributed by atoms with van der Waals surface area (Å²) in [5.74, 6) is 0. The number of nitro groups is 1. The largest absolute Gasteiger partial charge is 0.354 e. The summed E-state index contributed by atoms with van der Waals surface area (Å²) >= 11 is 5.86. The number of nitro benzene ring substituents is 1. The maximum Gasteiger partial charge on any atom is 0.270 e. The maximum atomic E-state index is 13.0. The zero-order valence-corrected chi connectivity index (χ0v) is 15.3. The summed E-state index contributed by atoms with van der Waals surface area (Å²) in [6, 6.07) is 10.5. The highest BCUT2D eigenvalue weighted by atomic mass is 35.5. The smallest absolute Gasteiger partial charge is 0.270 e. The van der Waals surface area contributed by atoms with Gasteiger partial charge in [-0.25, -0.2) is 8.42 Å². The van der Waals surface area contributed by atoms with Crippen LogP contribution in [-0.2, 0) is 10.0 Å². The summed E-state index contributed by atoms with van der Waals surface area (Å²) in [6.45, 7) is 1.69. The zero-order chi connectivity index (χ0) is 18.7. The predicted molar refractivity (Wildman–Crippen MR) is 99.5 cm³/mol. The molecular formula is C16H17ClN4O4S. The van der Waals surface area contributed by atoms with Crippen LogP contribution in [0.2, 0.25) is 5.02 Å². The Kier molecular flexibility index (Phi) is 5.42. The molecule has 0 radical (unpaired) electrons. The van der Waals surface area contributed by atoms with Crippen LogP contribution in [0.15, 0.2) is 47.4 Å². The van der Waals surface area contributed by atoms with Gasteiger partial charge < -0.3 is 10.6 Å². The van der Waals surface area contributed by atoms with Crippen molar-refractivity contribution < 1.29 is 13.3 Å². The second kappa shape index (κ2) is 7.58. The Bertz CT molecular complexity index is 912. The van der Waals surface area contributed by atoms with E-state index in [4.69, 9.17) is 11.6 Å². The first-order valence-electron chi connectivity index (χ1n) is 7.90. The highest BCUT2D eigenvalue weighted by Crippen LogP contribution is 2.31. The molecule has 3 rings (SSSR count). The van der Waals surface area contributed by atoms with Crippen LogP contribution in [0.1, 0.15) is 0 Å². The van der Waals surface area contributed by atoms with Gasteiger partial charge in [-0.05, 0) is 30.3 Å². The molecule has 0 bridgehead atoms. The number of hydrogen-bond donors (Lipinski definition) is 2. The zero-order valence-electron chi connectivity index (χ0n) is 13.7. The van der Waals surface area contributed by atoms with Crippen LogP contribution in [-0.4, -0.2) is 43.8 Å². The summed E-state index contributed by atoms with van der Waals surface area (Å²) in [5, 5.41) is 17.8. The van der Waals surface area contributed by atoms with Crippen molar-refractivity contribution in [3.63, 3.8) is 0 Å². The van der Waals surface area contributed by atoms with E-state index in [2.05, 4.69) is 10.6 Å². The van der Waals surface area contributed by atoms with Crippen molar-refractivity contribution in [3.05, 3.63) is 57.6 Å². The van der Waals surface area contributed by atoms with Gasteiger partial charge in [-0.2, -0.15) is 4.31 Å². The summed E-state index contributed by atoms with van der Waals surface area (Å²) < 4.78 is 27.4. The van der Waals surface area contributed by atoms with E-state index in [0.717, 1.165) is 6.07 Å². The van der Waals surface area contributed by atoms with E-state index in [1.807, 2.05) is 0 Å². The predicted octanol–water partition coefficient (Wildman–Crippen LogP) is 2.59. The number of anilines is 2. The molecule has 0 spiro atoms. The topological polar surface area (TPSA) is 105 Å². The van der Waals surface area contributed by atoms with Gasteiger partial charge in [0.2, 0.25) is 10.0 Å². The first-order chi connectivity index (χ1) is 12.4. The second-order valence-corrected chi connectivity index (χ2v) is 8.07. The average Bonchev–Trinajstić information content (AvgIpc) is 2.64. The van der Waals surface area contributed by atoms with Crippen LogP contribution in [0.25, 0.3) is 0 Å². The highest BCUT2D eigenvalue weighted by molar-refractivity contribution is 7.89. The number of nitrogens with one attached hydrogen (secondary N) is 2. The van der Waals surface area contributed by atoms with Gasteiger partial charge in [-0.1, -0.05) is 11.6 Å². The first-order valence-corrected chi connectivity index (χ1v) is 9.71. The maximum absolute atomic E-state index is 13.0. The number of nitrogens with zero attached hydrogens (tertiary/aromatic N) is 2. The van der Waals surface area contributed by atoms with Crippen LogP contribution in [0.5, 0.6) is 0 Å². The van der Waals surface area contributed by atoms with Gasteiger partial charge in [0.1, 0.15) is 4.90 Å². The fourth-order valence-corrected chi connectivity index (χ4v) is 4.39. The van der Waals surface area contributed by atoms with E-state index in [-0.39, 0.29) is 16.3 Å². The molecule has 1 aliphatic rings. The van der Waals surface area contributed by atoms with E-state index < -0.39 is 14.9 Å². The van der Waals surface area contributed by atoms with Crippen LogP contribution in [0.4, 0.5) is 17.1 Å². The number of piperazine rings is 1. The Labute approximate surface area is 156 Å². The molecule has 0 unspecified atom stereocenters. The molecule has 0 aromatic heterocycles. The van der Waals surface area contributed by atoms with Crippen molar-refractivity contribution in [2.75, 3.05) is 31.5 Å². The highest BCUT2D eigenvalue weighted by Gasteiger charge is 2.30. The lowest BCUT2D eigenvalue weighted by atomic mass is 10.2. The number of halogens is 1. The molecule has 8 nitrogen and oxygen atoms in total. The molecule has 0 amide bonds. The number of hydrogen-bond acceptors (Lipinski definition) is 6. The minimum atomic E-state index is -3.88. The third-order valence-electron chi connectivity index (χ3n) is 3.99. The van der Waals surface area contributed by atoms with Crippen LogP contribution >= 0.6 is 11.6 Å². The minimum absolute atomic E-state index is 0.122. The Morgan fingerprint density at radius 2 is 1.77 bits per heavy atom. The number of benzene rings is 2. The van der Waals surface area contributed by atoms with E-state index in [1.165, 1.54) is 16.4 Å². The molecule has 0 aliphatic carbocycles. The third-order valence-corrected chi connectivity index (χ3v) is 6.18. The van der Waals surface area contributed by atoms with Crippen molar-refractivity contribution >= 4 is 38.7 Å². The molecule has 0 atom stereocenters. The van der Waals surface area contributed by atoms with Crippen molar-refractivity contribution in [3.8, 4) is 0 Å². The number of rotatable bonds is 5. The van der Waals surface area contributed by atoms with E-state index in [9.17, 15) is 18.5 Å². The monoisotopic (exact) mass is 396 g/mol. The van der Waals surface area contributed by atoms with Crippen LogP contribution in [0, 0.1) is 10.1 Å². The quantitative estimate of drug-likeness (QED) is 0.594. The average molecular weight is 397 g/mol. The molecule has 1 heterocycles. The molecule has 1 aliphatic heterocycles. The molecule has 2 N–H and O–H groups in total. The van der Waals surface area contributed by atoms with Gasteiger partial charge in [0, 0.05) is 49.0 Å². The number of non-ortho nitro benzene ring substituents is 1. The Hall–Kier alpha value is -2.20. The second-order valence-electron chi connectivity index (χ2n) is 5.72. The summed E-state index contributed by atoms with van der Waals surface area (Å²) in [7, 11) is -3.88. The summed E-state index contributed by atoms with van der Waals surface area (Å²) in [6.07, 6.45) is 0. The SMILES string of the molecule is O=[N+]([O-])c1ccc(Nc2ccc(Cl)cc2)c(S(=O)(=O)N2CCNCC2)c1. The van der Waals surface area contributed by atoms with Gasteiger partial charge >= 0.3 is 0 Å². The molecular weight excluding hydrogens is 380 g/mol. The van der Waals surface area contributed by atoms with Gasteiger partial charge in [0.05, 0.1) is 10.6 Å². The first kappa shape index (κ1) is 18.6. The summed E-state index contributed by atoms with van der Waals surface area (Å²) in [4.78, 5) is 10.4. The van der Waals surface area contributed by atoms with Gasteiger partial charge in [-0.3, -0.25) is 10.1 Å². The summed E-state index contributed by atoms with van der Waals surface area (Å²) in [5.41, 5.74) is 0.622. The minimum Gasteiger partial charge on any atom is -0.354 e.